The van der Waals surface area contributed by atoms with E-state index < -0.39 is 36.5 Å². The van der Waals surface area contributed by atoms with Crippen LogP contribution in [0.4, 0.5) is 9.52 Å². The molecule has 1 fully saturated rings. The number of aliphatic imine (C=N–C) groups is 1. The number of hydrogen-bond donors (Lipinski definition) is 2. The van der Waals surface area contributed by atoms with Gasteiger partial charge in [0.15, 0.2) is 10.3 Å². The average Bonchev–Trinajstić information content (AvgIpc) is 3.26. The Morgan fingerprint density at radius 2 is 2.17 bits per heavy atom. The van der Waals surface area contributed by atoms with E-state index in [9.17, 15) is 24.2 Å². The second-order valence-corrected chi connectivity index (χ2v) is 8.89. The third-order valence-corrected chi connectivity index (χ3v) is 6.58. The summed E-state index contributed by atoms with van der Waals surface area (Å²) < 4.78 is 12.4. The molecule has 0 saturated carbocycles. The van der Waals surface area contributed by atoms with Crippen LogP contribution in [-0.2, 0) is 14.4 Å². The van der Waals surface area contributed by atoms with Gasteiger partial charge in [-0.25, -0.2) is 24.1 Å². The van der Waals surface area contributed by atoms with E-state index >= 15 is 0 Å². The van der Waals surface area contributed by atoms with Gasteiger partial charge in [0.05, 0.1) is 6.04 Å². The molecule has 0 aromatic carbocycles. The summed E-state index contributed by atoms with van der Waals surface area (Å²) in [7, 11) is 0. The van der Waals surface area contributed by atoms with Gasteiger partial charge >= 0.3 is 35.5 Å². The van der Waals surface area contributed by atoms with Crippen molar-refractivity contribution in [2.45, 2.75) is 30.1 Å². The van der Waals surface area contributed by atoms with Crippen LogP contribution in [0.1, 0.15) is 18.5 Å². The molecule has 16 heteroatoms. The predicted octanol–water partition coefficient (Wildman–Crippen LogP) is -2.57. The molecule has 2 aliphatic heterocycles. The quantitative estimate of drug-likeness (QED) is 0.0667. The Kier molecular flexibility index (Phi) is 9.18. The fourth-order valence-electron chi connectivity index (χ4n) is 3.46. The number of fused-ring (bicyclic) bond motifs is 1. The van der Waals surface area contributed by atoms with Gasteiger partial charge in [-0.15, -0.1) is 11.3 Å². The molecule has 0 radical (unpaired) electrons. The van der Waals surface area contributed by atoms with Crippen LogP contribution < -0.4 is 40.4 Å². The topological polar surface area (TPSA) is 179 Å². The van der Waals surface area contributed by atoms with E-state index in [1.54, 1.807) is 6.07 Å². The number of amides is 1. The molecular formula is C19H17FN7NaO5S2. The zero-order chi connectivity index (χ0) is 24.2. The molecule has 12 nitrogen and oxygen atoms in total. The molecule has 1 amide bonds. The number of thioether (sulfide) groups is 1. The number of nitrogen functional groups attached to an aromatic ring is 1. The number of anilines is 1. The molecule has 0 aliphatic carbocycles. The Balaban J connectivity index is 0.00000342. The Morgan fingerprint density at radius 1 is 1.43 bits per heavy atom. The number of halogens is 1. The average molecular weight is 530 g/mol. The molecule has 0 bridgehead atoms. The fourth-order valence-corrected chi connectivity index (χ4v) is 4.96. The summed E-state index contributed by atoms with van der Waals surface area (Å²) in [6, 6.07) is -0.0730. The molecule has 0 spiro atoms. The number of oxime groups is 1. The Labute approximate surface area is 228 Å². The number of thiazole rings is 1. The van der Waals surface area contributed by atoms with Crippen molar-refractivity contribution in [1.82, 2.24) is 19.9 Å². The third kappa shape index (κ3) is 5.81. The molecule has 2 aliphatic rings. The van der Waals surface area contributed by atoms with E-state index in [0.29, 0.717) is 22.9 Å². The minimum absolute atomic E-state index is 0. The van der Waals surface area contributed by atoms with Crippen LogP contribution in [-0.4, -0.2) is 73.8 Å². The van der Waals surface area contributed by atoms with E-state index in [0.717, 1.165) is 28.0 Å². The number of allylic oxidation sites excluding steroid dienone is 1. The summed E-state index contributed by atoms with van der Waals surface area (Å²) in [4.78, 5) is 47.3. The summed E-state index contributed by atoms with van der Waals surface area (Å²) in [6.07, 6.45) is 3.78. The number of hydrogen-bond acceptors (Lipinski definition) is 12. The number of aliphatic carboxylic acids is 1. The SMILES string of the molecule is Nc1nc(/C(=N\OCCF)C([O-])=N[C@@H]2C(=O)N3C(C(=O)O)=C(Sc4ncccn4)CC[C@H]23)cs1.[Na+]. The Bertz CT molecular complexity index is 1190. The van der Waals surface area contributed by atoms with Crippen LogP contribution in [0.15, 0.2) is 49.7 Å². The third-order valence-electron chi connectivity index (χ3n) is 4.87. The number of carboxylic acid groups (broad SMARTS) is 1. The molecule has 2 aromatic heterocycles. The van der Waals surface area contributed by atoms with Crippen LogP contribution in [0.5, 0.6) is 0 Å². The molecule has 0 unspecified atom stereocenters. The smallest absolute Gasteiger partial charge is 0.857 e. The van der Waals surface area contributed by atoms with Crippen LogP contribution in [0.3, 0.4) is 0 Å². The first-order valence-electron chi connectivity index (χ1n) is 9.87. The molecule has 4 rings (SSSR count). The molecular weight excluding hydrogens is 512 g/mol. The van der Waals surface area contributed by atoms with Crippen molar-refractivity contribution in [2.24, 2.45) is 10.1 Å². The van der Waals surface area contributed by atoms with Gasteiger partial charge in [0.2, 0.25) is 0 Å². The normalized spacial score (nSPS) is 20.1. The monoisotopic (exact) mass is 529 g/mol. The Hall–Kier alpha value is -2.59. The predicted molar refractivity (Wildman–Crippen MR) is 119 cm³/mol. The zero-order valence-corrected chi connectivity index (χ0v) is 22.0. The summed E-state index contributed by atoms with van der Waals surface area (Å²) >= 11 is 2.13. The first-order valence-corrected chi connectivity index (χ1v) is 11.6. The van der Waals surface area contributed by atoms with Crippen LogP contribution >= 0.6 is 23.1 Å². The number of rotatable bonds is 9. The van der Waals surface area contributed by atoms with Gasteiger partial charge in [-0.3, -0.25) is 14.7 Å². The fraction of sp³-hybridized carbons (Fsp3) is 0.316. The number of carboxylic acids is 1. The van der Waals surface area contributed by atoms with Crippen LogP contribution in [0, 0.1) is 0 Å². The van der Waals surface area contributed by atoms with Gasteiger partial charge in [0.25, 0.3) is 5.91 Å². The number of β-lactam (4-membered cyclic amide) rings is 1. The maximum Gasteiger partial charge on any atom is 1.00 e. The van der Waals surface area contributed by atoms with Crippen molar-refractivity contribution in [3.8, 4) is 0 Å². The summed E-state index contributed by atoms with van der Waals surface area (Å²) in [5.41, 5.74) is 5.19. The van der Waals surface area contributed by atoms with E-state index in [1.807, 2.05) is 0 Å². The summed E-state index contributed by atoms with van der Waals surface area (Å²) in [5, 5.41) is 28.2. The number of carbonyl (C=O) groups is 2. The molecule has 1 saturated heterocycles. The van der Waals surface area contributed by atoms with E-state index in [1.165, 1.54) is 17.8 Å². The maximum absolute atomic E-state index is 12.9. The molecule has 3 N–H and O–H groups in total. The number of nitrogens with two attached hydrogens (primary N) is 1. The summed E-state index contributed by atoms with van der Waals surface area (Å²) in [6.45, 7) is -1.20. The van der Waals surface area contributed by atoms with Gasteiger partial charge in [0, 0.05) is 28.6 Å². The van der Waals surface area contributed by atoms with E-state index in [-0.39, 0.29) is 58.4 Å². The van der Waals surface area contributed by atoms with Gasteiger partial charge in [-0.2, -0.15) is 0 Å². The van der Waals surface area contributed by atoms with Crippen LogP contribution in [0.2, 0.25) is 0 Å². The first kappa shape index (κ1) is 27.0. The van der Waals surface area contributed by atoms with E-state index in [4.69, 9.17) is 10.6 Å². The maximum atomic E-state index is 12.9. The number of aromatic nitrogens is 3. The van der Waals surface area contributed by atoms with Gasteiger partial charge in [0.1, 0.15) is 36.4 Å². The van der Waals surface area contributed by atoms with Crippen molar-refractivity contribution >= 4 is 51.7 Å². The second kappa shape index (κ2) is 11.9. The molecule has 2 atom stereocenters. The van der Waals surface area contributed by atoms with Crippen molar-refractivity contribution in [1.29, 1.82) is 0 Å². The second-order valence-electron chi connectivity index (χ2n) is 6.94. The Morgan fingerprint density at radius 3 is 2.80 bits per heavy atom. The first-order chi connectivity index (χ1) is 16.4. The van der Waals surface area contributed by atoms with Gasteiger partial charge in [-0.1, -0.05) is 16.9 Å². The van der Waals surface area contributed by atoms with Gasteiger partial charge in [-0.05, 0) is 18.9 Å². The molecule has 35 heavy (non-hydrogen) atoms. The summed E-state index contributed by atoms with van der Waals surface area (Å²) in [5.74, 6) is -2.81. The van der Waals surface area contributed by atoms with Crippen molar-refractivity contribution in [2.75, 3.05) is 19.0 Å². The van der Waals surface area contributed by atoms with E-state index in [2.05, 4.69) is 25.1 Å². The standard InChI is InChI=1S/C19H18FN7O5S2.Na/c20-4-7-32-26-12(9-8-33-18(21)24-9)15(28)25-13-10-2-3-11(34-19-22-5-1-6-23-19)14(17(30)31)27(10)16(13)29;/h1,5-6,8,10,13H,2-4,7H2,(H2,21,24)(H,25,28)(H,30,31);/q;+1/p-1/b26-12+;/t10-,13+;/m1./s1. The zero-order valence-electron chi connectivity index (χ0n) is 18.3. The number of alkyl halides is 1. The van der Waals surface area contributed by atoms with Gasteiger partial charge < -0.3 is 20.8 Å². The molecule has 2 aromatic rings. The van der Waals surface area contributed by atoms with Crippen LogP contribution in [0.25, 0.3) is 0 Å². The number of carbonyl (C=O) groups excluding carboxylic acids is 1. The minimum atomic E-state index is -1.28. The van der Waals surface area contributed by atoms with Crippen molar-refractivity contribution in [3.63, 3.8) is 0 Å². The minimum Gasteiger partial charge on any atom is -0.857 e. The molecule has 178 valence electrons. The largest absolute Gasteiger partial charge is 1.00 e. The van der Waals surface area contributed by atoms with Crippen molar-refractivity contribution < 1.29 is 58.6 Å². The van der Waals surface area contributed by atoms with Crippen molar-refractivity contribution in [3.05, 3.63) is 40.1 Å². The molecule has 4 heterocycles. The number of nitrogens with zero attached hydrogens (tertiary/aromatic N) is 6.